The maximum Gasteiger partial charge on any atom is 0.0762 e. The van der Waals surface area contributed by atoms with E-state index >= 15 is 0 Å². The van der Waals surface area contributed by atoms with Crippen molar-refractivity contribution in [2.45, 2.75) is 57.7 Å². The molecule has 0 aromatic carbocycles. The molecule has 0 saturated heterocycles. The number of nitrogens with zero attached hydrogens (tertiary/aromatic N) is 3. The van der Waals surface area contributed by atoms with E-state index in [1.807, 2.05) is 0 Å². The predicted molar refractivity (Wildman–Crippen MR) is 79.2 cm³/mol. The SMILES string of the molecule is CC(CNCc1ccn(C2CCCCC2)n1)N(C)C. The van der Waals surface area contributed by atoms with Crippen molar-refractivity contribution in [3.63, 3.8) is 0 Å². The minimum absolute atomic E-state index is 0.556. The maximum atomic E-state index is 4.72. The van der Waals surface area contributed by atoms with Crippen molar-refractivity contribution >= 4 is 0 Å². The van der Waals surface area contributed by atoms with Crippen LogP contribution >= 0.6 is 0 Å². The van der Waals surface area contributed by atoms with Gasteiger partial charge in [0.25, 0.3) is 0 Å². The fourth-order valence-electron chi connectivity index (χ4n) is 2.61. The number of nitrogens with one attached hydrogen (secondary N) is 1. The number of likely N-dealkylation sites (N-methyl/N-ethyl adjacent to an activating group) is 1. The minimum Gasteiger partial charge on any atom is -0.310 e. The average Bonchev–Trinajstić information content (AvgIpc) is 2.88. The molecular weight excluding hydrogens is 236 g/mol. The average molecular weight is 264 g/mol. The van der Waals surface area contributed by atoms with Crippen LogP contribution in [0.4, 0.5) is 0 Å². The van der Waals surface area contributed by atoms with Gasteiger partial charge in [-0.3, -0.25) is 4.68 Å². The highest BCUT2D eigenvalue weighted by Crippen LogP contribution is 2.27. The van der Waals surface area contributed by atoms with E-state index in [0.29, 0.717) is 12.1 Å². The lowest BCUT2D eigenvalue weighted by Crippen LogP contribution is -2.35. The summed E-state index contributed by atoms with van der Waals surface area (Å²) >= 11 is 0. The van der Waals surface area contributed by atoms with E-state index in [1.165, 1.54) is 32.1 Å². The first-order chi connectivity index (χ1) is 9.16. The zero-order valence-electron chi connectivity index (χ0n) is 12.6. The van der Waals surface area contributed by atoms with E-state index < -0.39 is 0 Å². The van der Waals surface area contributed by atoms with Gasteiger partial charge in [-0.25, -0.2) is 0 Å². The van der Waals surface area contributed by atoms with Crippen LogP contribution in [0, 0.1) is 0 Å². The van der Waals surface area contributed by atoms with Crippen LogP contribution < -0.4 is 5.32 Å². The van der Waals surface area contributed by atoms with Gasteiger partial charge in [-0.1, -0.05) is 19.3 Å². The second-order valence-electron chi connectivity index (χ2n) is 6.02. The summed E-state index contributed by atoms with van der Waals surface area (Å²) in [6.45, 7) is 4.11. The highest BCUT2D eigenvalue weighted by Gasteiger charge is 2.15. The van der Waals surface area contributed by atoms with Gasteiger partial charge in [0.15, 0.2) is 0 Å². The van der Waals surface area contributed by atoms with Crippen LogP contribution in [-0.2, 0) is 6.54 Å². The summed E-state index contributed by atoms with van der Waals surface area (Å²) in [6.07, 6.45) is 8.87. The summed E-state index contributed by atoms with van der Waals surface area (Å²) in [5.74, 6) is 0. The summed E-state index contributed by atoms with van der Waals surface area (Å²) in [7, 11) is 4.23. The Balaban J connectivity index is 1.77. The van der Waals surface area contributed by atoms with Crippen molar-refractivity contribution in [3.8, 4) is 0 Å². The summed E-state index contributed by atoms with van der Waals surface area (Å²) in [6, 6.07) is 3.35. The quantitative estimate of drug-likeness (QED) is 0.856. The lowest BCUT2D eigenvalue weighted by atomic mass is 9.96. The van der Waals surface area contributed by atoms with E-state index in [1.54, 1.807) is 0 Å². The predicted octanol–water partition coefficient (Wildman–Crippen LogP) is 2.43. The summed E-state index contributed by atoms with van der Waals surface area (Å²) in [5, 5.41) is 8.20. The normalized spacial score (nSPS) is 18.9. The van der Waals surface area contributed by atoms with Crippen molar-refractivity contribution < 1.29 is 0 Å². The lowest BCUT2D eigenvalue weighted by molar-refractivity contribution is 0.301. The van der Waals surface area contributed by atoms with Gasteiger partial charge in [-0.2, -0.15) is 5.10 Å². The van der Waals surface area contributed by atoms with Gasteiger partial charge in [0, 0.05) is 25.3 Å². The zero-order valence-corrected chi connectivity index (χ0v) is 12.6. The highest BCUT2D eigenvalue weighted by atomic mass is 15.3. The molecule has 1 aromatic rings. The van der Waals surface area contributed by atoms with E-state index in [4.69, 9.17) is 5.10 Å². The lowest BCUT2D eigenvalue weighted by Gasteiger charge is -2.22. The Morgan fingerprint density at radius 2 is 2.11 bits per heavy atom. The van der Waals surface area contributed by atoms with Gasteiger partial charge in [-0.15, -0.1) is 0 Å². The molecule has 19 heavy (non-hydrogen) atoms. The van der Waals surface area contributed by atoms with Crippen LogP contribution in [0.15, 0.2) is 12.3 Å². The molecule has 0 bridgehead atoms. The van der Waals surface area contributed by atoms with Crippen molar-refractivity contribution in [2.75, 3.05) is 20.6 Å². The number of aromatic nitrogens is 2. The molecule has 1 aliphatic carbocycles. The van der Waals surface area contributed by atoms with E-state index in [-0.39, 0.29) is 0 Å². The summed E-state index contributed by atoms with van der Waals surface area (Å²) < 4.78 is 2.19. The molecule has 0 amide bonds. The Kier molecular flexibility index (Phi) is 5.40. The van der Waals surface area contributed by atoms with E-state index in [9.17, 15) is 0 Å². The van der Waals surface area contributed by atoms with E-state index in [0.717, 1.165) is 18.8 Å². The van der Waals surface area contributed by atoms with Crippen LogP contribution in [0.2, 0.25) is 0 Å². The molecule has 1 aromatic heterocycles. The van der Waals surface area contributed by atoms with E-state index in [2.05, 4.69) is 48.2 Å². The standard InChI is InChI=1S/C15H28N4/c1-13(18(2)3)11-16-12-14-9-10-19(17-14)15-7-5-4-6-8-15/h9-10,13,15-16H,4-8,11-12H2,1-3H3. The van der Waals surface area contributed by atoms with Crippen LogP contribution in [0.3, 0.4) is 0 Å². The summed E-state index contributed by atoms with van der Waals surface area (Å²) in [5.41, 5.74) is 1.16. The largest absolute Gasteiger partial charge is 0.310 e. The van der Waals surface area contributed by atoms with Crippen LogP contribution in [0.5, 0.6) is 0 Å². The molecule has 2 rings (SSSR count). The Morgan fingerprint density at radius 3 is 2.79 bits per heavy atom. The molecule has 1 unspecified atom stereocenters. The van der Waals surface area contributed by atoms with Gasteiger partial charge in [0.05, 0.1) is 11.7 Å². The molecule has 4 heteroatoms. The zero-order chi connectivity index (χ0) is 13.7. The van der Waals surface area contributed by atoms with Gasteiger partial charge in [0.2, 0.25) is 0 Å². The van der Waals surface area contributed by atoms with Gasteiger partial charge >= 0.3 is 0 Å². The fourth-order valence-corrected chi connectivity index (χ4v) is 2.61. The smallest absolute Gasteiger partial charge is 0.0762 e. The molecule has 1 atom stereocenters. The second-order valence-corrected chi connectivity index (χ2v) is 6.02. The fraction of sp³-hybridized carbons (Fsp3) is 0.800. The second kappa shape index (κ2) is 7.06. The molecule has 1 saturated carbocycles. The Hall–Kier alpha value is -0.870. The third-order valence-corrected chi connectivity index (χ3v) is 4.24. The Morgan fingerprint density at radius 1 is 1.37 bits per heavy atom. The van der Waals surface area contributed by atoms with Gasteiger partial charge in [-0.05, 0) is 39.9 Å². The molecule has 108 valence electrons. The van der Waals surface area contributed by atoms with Crippen LogP contribution in [0.25, 0.3) is 0 Å². The Labute approximate surface area is 117 Å². The van der Waals surface area contributed by atoms with Gasteiger partial charge < -0.3 is 10.2 Å². The Bertz CT molecular complexity index is 366. The third-order valence-electron chi connectivity index (χ3n) is 4.24. The maximum absolute atomic E-state index is 4.72. The molecule has 4 nitrogen and oxygen atoms in total. The monoisotopic (exact) mass is 264 g/mol. The van der Waals surface area contributed by atoms with Crippen molar-refractivity contribution in [1.29, 1.82) is 0 Å². The first-order valence-electron chi connectivity index (χ1n) is 7.58. The number of rotatable bonds is 6. The number of hydrogen-bond donors (Lipinski definition) is 1. The molecule has 1 aliphatic rings. The molecule has 0 radical (unpaired) electrons. The first-order valence-corrected chi connectivity index (χ1v) is 7.58. The van der Waals surface area contributed by atoms with Crippen LogP contribution in [-0.4, -0.2) is 41.4 Å². The third kappa shape index (κ3) is 4.32. The topological polar surface area (TPSA) is 33.1 Å². The van der Waals surface area contributed by atoms with Crippen molar-refractivity contribution in [3.05, 3.63) is 18.0 Å². The first kappa shape index (κ1) is 14.5. The molecule has 0 aliphatic heterocycles. The highest BCUT2D eigenvalue weighted by molar-refractivity contribution is 4.99. The number of hydrogen-bond acceptors (Lipinski definition) is 3. The summed E-state index contributed by atoms with van der Waals surface area (Å²) in [4.78, 5) is 2.23. The minimum atomic E-state index is 0.556. The van der Waals surface area contributed by atoms with Crippen LogP contribution in [0.1, 0.15) is 50.8 Å². The van der Waals surface area contributed by atoms with Crippen molar-refractivity contribution in [1.82, 2.24) is 20.0 Å². The molecule has 1 N–H and O–H groups in total. The van der Waals surface area contributed by atoms with Crippen molar-refractivity contribution in [2.24, 2.45) is 0 Å². The molecular formula is C15H28N4. The molecule has 0 spiro atoms. The molecule has 1 heterocycles. The molecule has 1 fully saturated rings. The van der Waals surface area contributed by atoms with Gasteiger partial charge in [0.1, 0.15) is 0 Å².